The molecule has 1 saturated heterocycles. The highest BCUT2D eigenvalue weighted by molar-refractivity contribution is 6.02. The average Bonchev–Trinajstić information content (AvgIpc) is 3.28. The Hall–Kier alpha value is -4.08. The van der Waals surface area contributed by atoms with Crippen molar-refractivity contribution in [1.29, 1.82) is 0 Å². The number of Topliss-reactive ketones (excluding diaryl/α,β-unsaturated/α-hetero) is 2. The van der Waals surface area contributed by atoms with Gasteiger partial charge in [-0.2, -0.15) is 0 Å². The number of anilines is 1. The summed E-state index contributed by atoms with van der Waals surface area (Å²) >= 11 is 0. The van der Waals surface area contributed by atoms with Crippen LogP contribution in [-0.4, -0.2) is 46.2 Å². The lowest BCUT2D eigenvalue weighted by Gasteiger charge is -2.36. The molecule has 1 aromatic carbocycles. The molecule has 0 saturated carbocycles. The van der Waals surface area contributed by atoms with Crippen molar-refractivity contribution in [1.82, 2.24) is 9.97 Å². The number of benzene rings is 1. The number of hydrogen-bond acceptors (Lipinski definition) is 7. The first-order valence-corrected chi connectivity index (χ1v) is 14.1. The zero-order chi connectivity index (χ0) is 30.2. The quantitative estimate of drug-likeness (QED) is 0.248. The maximum Gasteiger partial charge on any atom is 0.306 e. The molecule has 3 heterocycles. The number of halogens is 3. The van der Waals surface area contributed by atoms with Gasteiger partial charge in [0.05, 0.1) is 12.0 Å². The van der Waals surface area contributed by atoms with E-state index in [4.69, 9.17) is 4.74 Å². The highest BCUT2D eigenvalue weighted by Gasteiger charge is 2.32. The van der Waals surface area contributed by atoms with Gasteiger partial charge in [-0.3, -0.25) is 19.4 Å². The molecule has 0 N–H and O–H groups in total. The van der Waals surface area contributed by atoms with Crippen molar-refractivity contribution in [3.8, 4) is 11.3 Å². The third kappa shape index (κ3) is 6.22. The molecule has 2 aliphatic rings. The fourth-order valence-electron chi connectivity index (χ4n) is 5.76. The lowest BCUT2D eigenvalue weighted by atomic mass is 9.92. The van der Waals surface area contributed by atoms with Crippen LogP contribution >= 0.6 is 0 Å². The summed E-state index contributed by atoms with van der Waals surface area (Å²) in [6.07, 6.45) is 4.04. The molecule has 2 aromatic heterocycles. The number of carbonyl (C=O) groups excluding carboxylic acids is 3. The molecule has 0 radical (unpaired) electrons. The first-order chi connectivity index (χ1) is 19.9. The number of rotatable bonds is 7. The second-order valence-corrected chi connectivity index (χ2v) is 11.9. The second kappa shape index (κ2) is 11.7. The van der Waals surface area contributed by atoms with Crippen LogP contribution < -0.4 is 4.90 Å². The van der Waals surface area contributed by atoms with E-state index < -0.39 is 40.1 Å². The predicted octanol–water partition coefficient (Wildman–Crippen LogP) is 6.06. The Morgan fingerprint density at radius 3 is 2.48 bits per heavy atom. The molecule has 0 spiro atoms. The van der Waals surface area contributed by atoms with Crippen molar-refractivity contribution in [2.75, 3.05) is 18.0 Å². The van der Waals surface area contributed by atoms with E-state index in [9.17, 15) is 27.6 Å². The number of pyridine rings is 2. The summed E-state index contributed by atoms with van der Waals surface area (Å²) < 4.78 is 49.0. The van der Waals surface area contributed by atoms with Gasteiger partial charge in [-0.25, -0.2) is 18.2 Å². The number of esters is 1. The van der Waals surface area contributed by atoms with Gasteiger partial charge in [0.15, 0.2) is 11.6 Å². The normalized spacial score (nSPS) is 16.9. The highest BCUT2D eigenvalue weighted by Crippen LogP contribution is 2.37. The van der Waals surface area contributed by atoms with Gasteiger partial charge in [0.25, 0.3) is 0 Å². The summed E-state index contributed by atoms with van der Waals surface area (Å²) in [5.41, 5.74) is 0.488. The minimum Gasteiger partial charge on any atom is -0.460 e. The minimum atomic E-state index is -0.994. The molecule has 220 valence electrons. The molecular formula is C32H32F3N3O4. The standard InChI is InChI=1S/C32H32F3N3O4/c1-32(2,3)42-27(41)14-18-6-5-13-38(17-18)31-19(16-36-29-20(31)9-12-25(29)39)15-26(40)24-11-10-23(35)30(37-24)28-21(33)7-4-8-22(28)34/h4,7-8,10-11,16,18H,5-6,9,12-15,17H2,1-3H3/t18-/m1/s1. The summed E-state index contributed by atoms with van der Waals surface area (Å²) in [5, 5.41) is 0. The number of hydrogen-bond donors (Lipinski definition) is 0. The van der Waals surface area contributed by atoms with Crippen molar-refractivity contribution in [3.63, 3.8) is 0 Å². The smallest absolute Gasteiger partial charge is 0.306 e. The third-order valence-corrected chi connectivity index (χ3v) is 7.48. The fourth-order valence-corrected chi connectivity index (χ4v) is 5.76. The first-order valence-electron chi connectivity index (χ1n) is 14.1. The molecule has 1 atom stereocenters. The molecule has 1 aliphatic heterocycles. The largest absolute Gasteiger partial charge is 0.460 e. The molecule has 42 heavy (non-hydrogen) atoms. The molecule has 5 rings (SSSR count). The van der Waals surface area contributed by atoms with E-state index in [1.807, 2.05) is 20.8 Å². The zero-order valence-electron chi connectivity index (χ0n) is 23.8. The number of piperidine rings is 1. The molecule has 0 amide bonds. The first kappa shape index (κ1) is 29.4. The molecular weight excluding hydrogens is 547 g/mol. The number of ketones is 2. The molecule has 3 aromatic rings. The Labute approximate surface area is 242 Å². The number of aromatic nitrogens is 2. The maximum absolute atomic E-state index is 14.6. The van der Waals surface area contributed by atoms with Gasteiger partial charge >= 0.3 is 5.97 Å². The number of nitrogens with zero attached hydrogens (tertiary/aromatic N) is 3. The fraction of sp³-hybridized carbons (Fsp3) is 0.406. The summed E-state index contributed by atoms with van der Waals surface area (Å²) in [5.74, 6) is -3.76. The number of carbonyl (C=O) groups is 3. The van der Waals surface area contributed by atoms with Crippen LogP contribution in [-0.2, 0) is 22.4 Å². The third-order valence-electron chi connectivity index (χ3n) is 7.48. The van der Waals surface area contributed by atoms with Gasteiger partial charge in [-0.05, 0) is 70.2 Å². The Morgan fingerprint density at radius 2 is 1.76 bits per heavy atom. The highest BCUT2D eigenvalue weighted by atomic mass is 19.1. The van der Waals surface area contributed by atoms with E-state index in [0.717, 1.165) is 48.4 Å². The van der Waals surface area contributed by atoms with Gasteiger partial charge in [0.1, 0.15) is 40.1 Å². The lowest BCUT2D eigenvalue weighted by Crippen LogP contribution is -2.38. The van der Waals surface area contributed by atoms with E-state index >= 15 is 0 Å². The van der Waals surface area contributed by atoms with Crippen LogP contribution in [0, 0.1) is 23.4 Å². The van der Waals surface area contributed by atoms with Gasteiger partial charge < -0.3 is 9.64 Å². The van der Waals surface area contributed by atoms with Gasteiger partial charge in [-0.1, -0.05) is 6.07 Å². The summed E-state index contributed by atoms with van der Waals surface area (Å²) in [6, 6.07) is 5.29. The molecule has 1 fully saturated rings. The molecule has 10 heteroatoms. The van der Waals surface area contributed by atoms with Crippen LogP contribution in [0.1, 0.15) is 78.6 Å². The average molecular weight is 580 g/mol. The lowest BCUT2D eigenvalue weighted by molar-refractivity contribution is -0.156. The minimum absolute atomic E-state index is 0.0232. The van der Waals surface area contributed by atoms with Crippen LogP contribution in [0.2, 0.25) is 0 Å². The Balaban J connectivity index is 1.44. The van der Waals surface area contributed by atoms with E-state index in [2.05, 4.69) is 14.9 Å². The summed E-state index contributed by atoms with van der Waals surface area (Å²) in [4.78, 5) is 49.1. The maximum atomic E-state index is 14.6. The van der Waals surface area contributed by atoms with Crippen LogP contribution in [0.5, 0.6) is 0 Å². The van der Waals surface area contributed by atoms with Crippen molar-refractivity contribution < 1.29 is 32.3 Å². The van der Waals surface area contributed by atoms with Gasteiger partial charge in [0, 0.05) is 48.9 Å². The monoisotopic (exact) mass is 579 g/mol. The topological polar surface area (TPSA) is 89.5 Å². The SMILES string of the molecule is CC(C)(C)OC(=O)C[C@H]1CCCN(c2c(CC(=O)c3ccc(F)c(-c4c(F)cccc4F)n3)cnc3c2CCC3=O)C1. The van der Waals surface area contributed by atoms with Gasteiger partial charge in [-0.15, -0.1) is 0 Å². The molecule has 1 aliphatic carbocycles. The Kier molecular flexibility index (Phi) is 8.17. The second-order valence-electron chi connectivity index (χ2n) is 11.9. The van der Waals surface area contributed by atoms with Crippen molar-refractivity contribution in [3.05, 3.63) is 76.5 Å². The van der Waals surface area contributed by atoms with Crippen LogP contribution in [0.25, 0.3) is 11.3 Å². The molecule has 0 bridgehead atoms. The van der Waals surface area contributed by atoms with Crippen LogP contribution in [0.3, 0.4) is 0 Å². The van der Waals surface area contributed by atoms with E-state index in [-0.39, 0.29) is 36.2 Å². The van der Waals surface area contributed by atoms with Crippen LogP contribution in [0.4, 0.5) is 18.9 Å². The Bertz CT molecular complexity index is 1550. The Morgan fingerprint density at radius 1 is 1.02 bits per heavy atom. The van der Waals surface area contributed by atoms with E-state index in [1.165, 1.54) is 12.3 Å². The molecule has 7 nitrogen and oxygen atoms in total. The van der Waals surface area contributed by atoms with Gasteiger partial charge in [0.2, 0.25) is 0 Å². The molecule has 0 unspecified atom stereocenters. The summed E-state index contributed by atoms with van der Waals surface area (Å²) in [6.45, 7) is 6.68. The van der Waals surface area contributed by atoms with E-state index in [1.54, 1.807) is 0 Å². The summed E-state index contributed by atoms with van der Waals surface area (Å²) in [7, 11) is 0. The van der Waals surface area contributed by atoms with Crippen LogP contribution in [0.15, 0.2) is 36.5 Å². The zero-order valence-corrected chi connectivity index (χ0v) is 23.8. The number of fused-ring (bicyclic) bond motifs is 1. The van der Waals surface area contributed by atoms with Crippen molar-refractivity contribution in [2.45, 2.75) is 64.9 Å². The predicted molar refractivity (Wildman–Crippen MR) is 150 cm³/mol. The number of ether oxygens (including phenoxy) is 1. The van der Waals surface area contributed by atoms with Crippen molar-refractivity contribution in [2.24, 2.45) is 5.92 Å². The van der Waals surface area contributed by atoms with Crippen molar-refractivity contribution >= 4 is 23.2 Å². The van der Waals surface area contributed by atoms with E-state index in [0.29, 0.717) is 37.2 Å².